The number of carboxylic acids is 1. The lowest BCUT2D eigenvalue weighted by Crippen LogP contribution is -2.13. The monoisotopic (exact) mass is 218 g/mol. The molecule has 4 nitrogen and oxygen atoms in total. The summed E-state index contributed by atoms with van der Waals surface area (Å²) in [6.45, 7) is 0.0379. The number of rotatable bonds is 3. The van der Waals surface area contributed by atoms with Crippen LogP contribution in [0.3, 0.4) is 0 Å². The predicted octanol–water partition coefficient (Wildman–Crippen LogP) is 1.50. The summed E-state index contributed by atoms with van der Waals surface area (Å²) in [5, 5.41) is 13.4. The number of carbonyl (C=O) groups is 1. The van der Waals surface area contributed by atoms with Crippen molar-refractivity contribution < 1.29 is 9.90 Å². The van der Waals surface area contributed by atoms with Crippen molar-refractivity contribution in [2.45, 2.75) is 44.1 Å². The van der Waals surface area contributed by atoms with Gasteiger partial charge in [0.05, 0.1) is 5.69 Å². The van der Waals surface area contributed by atoms with Crippen molar-refractivity contribution in [3.8, 4) is 0 Å². The number of hydrogen-bond donors (Lipinski definition) is 1. The van der Waals surface area contributed by atoms with Crippen molar-refractivity contribution >= 4 is 5.97 Å². The maximum Gasteiger partial charge on any atom is 0.325 e. The predicted molar refractivity (Wildman–Crippen MR) is 56.4 cm³/mol. The minimum atomic E-state index is -0.782. The lowest BCUT2D eigenvalue weighted by atomic mass is 10.1. The molecule has 0 saturated heterocycles. The Labute approximate surface area is 93.3 Å². The van der Waals surface area contributed by atoms with E-state index in [0.29, 0.717) is 5.92 Å². The van der Waals surface area contributed by atoms with Crippen molar-refractivity contribution in [1.29, 1.82) is 0 Å². The van der Waals surface area contributed by atoms with Crippen molar-refractivity contribution in [3.05, 3.63) is 17.0 Å². The molecule has 0 unspecified atom stereocenters. The van der Waals surface area contributed by atoms with Crippen molar-refractivity contribution in [3.63, 3.8) is 0 Å². The first-order chi connectivity index (χ1) is 7.74. The van der Waals surface area contributed by atoms with E-state index < -0.39 is 5.97 Å². The SMILES string of the molecule is O=C(O)Cn1nc2c(c1C1CC1)[C@H]1C[C@H]1C2. The van der Waals surface area contributed by atoms with E-state index in [2.05, 4.69) is 5.10 Å². The minimum absolute atomic E-state index is 0.0379. The molecular weight excluding hydrogens is 204 g/mol. The molecule has 0 radical (unpaired) electrons. The summed E-state index contributed by atoms with van der Waals surface area (Å²) >= 11 is 0. The van der Waals surface area contributed by atoms with E-state index in [1.807, 2.05) is 0 Å². The van der Waals surface area contributed by atoms with E-state index in [-0.39, 0.29) is 6.54 Å². The van der Waals surface area contributed by atoms with E-state index in [1.165, 1.54) is 36.2 Å². The Morgan fingerprint density at radius 1 is 1.50 bits per heavy atom. The van der Waals surface area contributed by atoms with Gasteiger partial charge in [0, 0.05) is 17.2 Å². The summed E-state index contributed by atoms with van der Waals surface area (Å²) < 4.78 is 1.76. The molecule has 4 heteroatoms. The zero-order chi connectivity index (χ0) is 10.9. The summed E-state index contributed by atoms with van der Waals surface area (Å²) in [7, 11) is 0. The molecule has 16 heavy (non-hydrogen) atoms. The van der Waals surface area contributed by atoms with Gasteiger partial charge in [-0.1, -0.05) is 0 Å². The van der Waals surface area contributed by atoms with Gasteiger partial charge in [-0.05, 0) is 37.5 Å². The molecule has 84 valence electrons. The first-order valence-corrected chi connectivity index (χ1v) is 6.05. The molecule has 3 aliphatic rings. The van der Waals surface area contributed by atoms with Crippen LogP contribution in [-0.4, -0.2) is 20.9 Å². The van der Waals surface area contributed by atoms with Gasteiger partial charge in [-0.2, -0.15) is 5.10 Å². The van der Waals surface area contributed by atoms with Gasteiger partial charge in [0.1, 0.15) is 6.54 Å². The van der Waals surface area contributed by atoms with Crippen molar-refractivity contribution in [2.75, 3.05) is 0 Å². The molecule has 1 heterocycles. The van der Waals surface area contributed by atoms with E-state index in [1.54, 1.807) is 4.68 Å². The molecule has 4 rings (SSSR count). The molecule has 1 aromatic heterocycles. The fraction of sp³-hybridized carbons (Fsp3) is 0.667. The molecular formula is C12H14N2O2. The van der Waals surface area contributed by atoms with Crippen molar-refractivity contribution in [1.82, 2.24) is 9.78 Å². The number of aliphatic carboxylic acids is 1. The third kappa shape index (κ3) is 1.10. The highest BCUT2D eigenvalue weighted by Gasteiger charge is 2.50. The van der Waals surface area contributed by atoms with Gasteiger partial charge in [-0.3, -0.25) is 9.48 Å². The number of hydrogen-bond acceptors (Lipinski definition) is 2. The van der Waals surface area contributed by atoms with Gasteiger partial charge in [0.15, 0.2) is 0 Å². The second-order valence-corrected chi connectivity index (χ2v) is 5.38. The Morgan fingerprint density at radius 2 is 2.31 bits per heavy atom. The van der Waals surface area contributed by atoms with Crippen LogP contribution < -0.4 is 0 Å². The third-order valence-electron chi connectivity index (χ3n) is 4.10. The quantitative estimate of drug-likeness (QED) is 0.836. The van der Waals surface area contributed by atoms with Crippen LogP contribution in [0.5, 0.6) is 0 Å². The van der Waals surface area contributed by atoms with Gasteiger partial charge in [-0.15, -0.1) is 0 Å². The Morgan fingerprint density at radius 3 is 3.00 bits per heavy atom. The molecule has 0 spiro atoms. The maximum absolute atomic E-state index is 10.8. The fourth-order valence-corrected chi connectivity index (χ4v) is 3.21. The lowest BCUT2D eigenvalue weighted by Gasteiger charge is -2.05. The highest BCUT2D eigenvalue weighted by atomic mass is 16.4. The fourth-order valence-electron chi connectivity index (χ4n) is 3.21. The second kappa shape index (κ2) is 2.67. The Balaban J connectivity index is 1.81. The maximum atomic E-state index is 10.8. The summed E-state index contributed by atoms with van der Waals surface area (Å²) in [6.07, 6.45) is 4.84. The molecule has 0 aliphatic heterocycles. The smallest absolute Gasteiger partial charge is 0.325 e. The number of nitrogens with zero attached hydrogens (tertiary/aromatic N) is 2. The van der Waals surface area contributed by atoms with E-state index in [0.717, 1.165) is 18.3 Å². The summed E-state index contributed by atoms with van der Waals surface area (Å²) in [5.41, 5.74) is 3.90. The zero-order valence-corrected chi connectivity index (χ0v) is 9.02. The van der Waals surface area contributed by atoms with Crippen LogP contribution in [0.25, 0.3) is 0 Å². The van der Waals surface area contributed by atoms with Crippen LogP contribution in [0.15, 0.2) is 0 Å². The standard InChI is InChI=1S/C12H14N2O2/c15-10(16)5-14-12(6-1-2-6)11-8-3-7(8)4-9(11)13-14/h6-8H,1-5H2,(H,15,16)/t7-,8-/m0/s1. The Hall–Kier alpha value is -1.32. The summed E-state index contributed by atoms with van der Waals surface area (Å²) in [4.78, 5) is 10.8. The van der Waals surface area contributed by atoms with E-state index in [9.17, 15) is 4.79 Å². The molecule has 0 amide bonds. The van der Waals surface area contributed by atoms with Gasteiger partial charge in [0.2, 0.25) is 0 Å². The first kappa shape index (κ1) is 8.79. The van der Waals surface area contributed by atoms with Gasteiger partial charge in [-0.25, -0.2) is 0 Å². The molecule has 2 fully saturated rings. The molecule has 2 saturated carbocycles. The molecule has 0 bridgehead atoms. The number of aromatic nitrogens is 2. The van der Waals surface area contributed by atoms with Crippen molar-refractivity contribution in [2.24, 2.45) is 5.92 Å². The Kier molecular flexibility index (Phi) is 1.47. The third-order valence-corrected chi connectivity index (χ3v) is 4.10. The zero-order valence-electron chi connectivity index (χ0n) is 9.02. The van der Waals surface area contributed by atoms with Gasteiger partial charge in [0.25, 0.3) is 0 Å². The van der Waals surface area contributed by atoms with Crippen LogP contribution in [0.2, 0.25) is 0 Å². The van der Waals surface area contributed by atoms with Gasteiger partial charge >= 0.3 is 5.97 Å². The number of carboxylic acid groups (broad SMARTS) is 1. The molecule has 1 aromatic rings. The van der Waals surface area contributed by atoms with Crippen LogP contribution in [-0.2, 0) is 17.8 Å². The highest BCUT2D eigenvalue weighted by Crippen LogP contribution is 2.59. The highest BCUT2D eigenvalue weighted by molar-refractivity contribution is 5.66. The molecule has 1 N–H and O–H groups in total. The molecule has 0 aromatic carbocycles. The lowest BCUT2D eigenvalue weighted by molar-refractivity contribution is -0.137. The van der Waals surface area contributed by atoms with Crippen LogP contribution >= 0.6 is 0 Å². The Bertz CT molecular complexity index is 487. The first-order valence-electron chi connectivity index (χ1n) is 6.05. The normalized spacial score (nSPS) is 30.0. The average molecular weight is 218 g/mol. The summed E-state index contributed by atoms with van der Waals surface area (Å²) in [6, 6.07) is 0. The summed E-state index contributed by atoms with van der Waals surface area (Å²) in [5.74, 6) is 1.40. The topological polar surface area (TPSA) is 55.1 Å². The second-order valence-electron chi connectivity index (χ2n) is 5.38. The van der Waals surface area contributed by atoms with Crippen LogP contribution in [0, 0.1) is 5.92 Å². The van der Waals surface area contributed by atoms with E-state index in [4.69, 9.17) is 5.11 Å². The van der Waals surface area contributed by atoms with E-state index >= 15 is 0 Å². The van der Waals surface area contributed by atoms with Gasteiger partial charge < -0.3 is 5.11 Å². The average Bonchev–Trinajstić information content (AvgIpc) is 3.08. The van der Waals surface area contributed by atoms with Crippen LogP contribution in [0.4, 0.5) is 0 Å². The molecule has 3 aliphatic carbocycles. The largest absolute Gasteiger partial charge is 0.480 e. The van der Waals surface area contributed by atoms with Crippen LogP contribution in [0.1, 0.15) is 48.0 Å². The minimum Gasteiger partial charge on any atom is -0.480 e. The number of fused-ring (bicyclic) bond motifs is 3. The molecule has 2 atom stereocenters.